The fraction of sp³-hybridized carbons (Fsp3) is 0.0714. The van der Waals surface area contributed by atoms with Crippen molar-refractivity contribution in [1.29, 1.82) is 0 Å². The number of aldehydes is 1. The van der Waals surface area contributed by atoms with Crippen molar-refractivity contribution in [3.63, 3.8) is 0 Å². The molecule has 0 bridgehead atoms. The predicted molar refractivity (Wildman–Crippen MR) is 68.8 cm³/mol. The number of para-hydroxylation sites is 2. The van der Waals surface area contributed by atoms with E-state index in [9.17, 15) is 9.59 Å². The fourth-order valence-corrected chi connectivity index (χ4v) is 1.95. The second-order valence-corrected chi connectivity index (χ2v) is 3.97. The Morgan fingerprint density at radius 2 is 2.11 bits per heavy atom. The van der Waals surface area contributed by atoms with Crippen molar-refractivity contribution >= 4 is 17.4 Å². The van der Waals surface area contributed by atoms with Gasteiger partial charge in [0.1, 0.15) is 16.8 Å². The second kappa shape index (κ2) is 4.20. The molecule has 5 nitrogen and oxygen atoms in total. The summed E-state index contributed by atoms with van der Waals surface area (Å²) < 4.78 is 10.6. The molecule has 0 N–H and O–H groups in total. The number of fused-ring (bicyclic) bond motifs is 2. The van der Waals surface area contributed by atoms with Crippen LogP contribution in [0.4, 0.5) is 0 Å². The quantitative estimate of drug-likeness (QED) is 0.518. The lowest BCUT2D eigenvalue weighted by atomic mass is 10.1. The van der Waals surface area contributed by atoms with Crippen LogP contribution in [0.3, 0.4) is 0 Å². The lowest BCUT2D eigenvalue weighted by molar-refractivity contribution is 0.112. The van der Waals surface area contributed by atoms with Crippen LogP contribution < -0.4 is 10.2 Å². The highest BCUT2D eigenvalue weighted by Crippen LogP contribution is 2.28. The van der Waals surface area contributed by atoms with E-state index in [2.05, 4.69) is 4.98 Å². The van der Waals surface area contributed by atoms with Crippen LogP contribution in [0.25, 0.3) is 22.6 Å². The summed E-state index contributed by atoms with van der Waals surface area (Å²) in [5.41, 5.74) is 1.01. The van der Waals surface area contributed by atoms with Gasteiger partial charge in [-0.1, -0.05) is 12.1 Å². The van der Waals surface area contributed by atoms with Crippen molar-refractivity contribution < 1.29 is 13.9 Å². The van der Waals surface area contributed by atoms with Gasteiger partial charge in [0.25, 0.3) is 0 Å². The standard InChI is InChI=1S/C14H9NO4/c1-18-12-6-10-14(8(7-16)13(12)17)19-11-5-3-2-4-9(11)15-10/h2-7H,1H3. The molecule has 3 rings (SSSR count). The van der Waals surface area contributed by atoms with Crippen molar-refractivity contribution in [3.05, 3.63) is 46.1 Å². The summed E-state index contributed by atoms with van der Waals surface area (Å²) in [4.78, 5) is 27.4. The van der Waals surface area contributed by atoms with Crippen molar-refractivity contribution in [2.75, 3.05) is 7.11 Å². The normalized spacial score (nSPS) is 10.8. The average Bonchev–Trinajstić information content (AvgIpc) is 2.45. The van der Waals surface area contributed by atoms with E-state index < -0.39 is 5.43 Å². The van der Waals surface area contributed by atoms with E-state index in [0.29, 0.717) is 23.1 Å². The van der Waals surface area contributed by atoms with Gasteiger partial charge in [-0.3, -0.25) is 9.59 Å². The van der Waals surface area contributed by atoms with E-state index in [-0.39, 0.29) is 17.1 Å². The summed E-state index contributed by atoms with van der Waals surface area (Å²) in [7, 11) is 1.37. The molecule has 0 atom stereocenters. The first-order valence-electron chi connectivity index (χ1n) is 5.60. The number of carbonyl (C=O) groups is 1. The lowest BCUT2D eigenvalue weighted by Gasteiger charge is -2.09. The van der Waals surface area contributed by atoms with Crippen LogP contribution in [0, 0.1) is 0 Å². The van der Waals surface area contributed by atoms with E-state index in [4.69, 9.17) is 9.15 Å². The Morgan fingerprint density at radius 3 is 2.84 bits per heavy atom. The Balaban J connectivity index is 2.50. The largest absolute Gasteiger partial charge is 0.493 e. The van der Waals surface area contributed by atoms with Gasteiger partial charge in [0, 0.05) is 6.07 Å². The van der Waals surface area contributed by atoms with Gasteiger partial charge in [-0.2, -0.15) is 0 Å². The number of ether oxygens (including phenoxy) is 1. The van der Waals surface area contributed by atoms with Crippen LogP contribution in [0.1, 0.15) is 10.4 Å². The lowest BCUT2D eigenvalue weighted by Crippen LogP contribution is -2.13. The summed E-state index contributed by atoms with van der Waals surface area (Å²) in [6, 6.07) is 8.61. The van der Waals surface area contributed by atoms with E-state index in [0.717, 1.165) is 0 Å². The van der Waals surface area contributed by atoms with Gasteiger partial charge in [0.2, 0.25) is 5.43 Å². The summed E-state index contributed by atoms with van der Waals surface area (Å²) in [5.74, 6) is 0.257. The molecule has 1 aromatic rings. The Kier molecular flexibility index (Phi) is 2.52. The molecule has 1 aromatic carbocycles. The monoisotopic (exact) mass is 255 g/mol. The number of hydrogen-bond donors (Lipinski definition) is 0. The van der Waals surface area contributed by atoms with Crippen LogP contribution in [0.15, 0.2) is 39.5 Å². The molecule has 5 heteroatoms. The first kappa shape index (κ1) is 11.4. The summed E-state index contributed by atoms with van der Waals surface area (Å²) in [5, 5.41) is 0. The number of rotatable bonds is 2. The molecule has 0 radical (unpaired) electrons. The van der Waals surface area contributed by atoms with Gasteiger partial charge < -0.3 is 9.15 Å². The SMILES string of the molecule is COc1cc2nc3ccccc3oc-2c(C=O)c1=O. The van der Waals surface area contributed by atoms with E-state index in [1.807, 2.05) is 6.07 Å². The topological polar surface area (TPSA) is 69.4 Å². The molecule has 1 heterocycles. The molecule has 0 spiro atoms. The molecule has 0 fully saturated rings. The zero-order chi connectivity index (χ0) is 13.4. The van der Waals surface area contributed by atoms with Crippen molar-refractivity contribution in [2.45, 2.75) is 0 Å². The van der Waals surface area contributed by atoms with Crippen LogP contribution in [-0.4, -0.2) is 18.4 Å². The van der Waals surface area contributed by atoms with Crippen molar-refractivity contribution in [2.24, 2.45) is 0 Å². The molecular weight excluding hydrogens is 246 g/mol. The number of carbonyl (C=O) groups excluding carboxylic acids is 1. The van der Waals surface area contributed by atoms with Gasteiger partial charge in [-0.05, 0) is 12.1 Å². The van der Waals surface area contributed by atoms with Gasteiger partial charge in [-0.25, -0.2) is 4.98 Å². The van der Waals surface area contributed by atoms with Gasteiger partial charge in [-0.15, -0.1) is 0 Å². The van der Waals surface area contributed by atoms with Crippen LogP contribution in [0.5, 0.6) is 5.75 Å². The number of aromatic nitrogens is 1. The summed E-state index contributed by atoms with van der Waals surface area (Å²) in [6.07, 6.45) is 0.465. The molecule has 19 heavy (non-hydrogen) atoms. The third kappa shape index (κ3) is 1.67. The minimum Gasteiger partial charge on any atom is -0.493 e. The molecule has 0 saturated heterocycles. The highest BCUT2D eigenvalue weighted by molar-refractivity contribution is 5.88. The minimum absolute atomic E-state index is 0.0763. The summed E-state index contributed by atoms with van der Waals surface area (Å²) >= 11 is 0. The maximum atomic E-state index is 11.9. The molecule has 0 aromatic heterocycles. The van der Waals surface area contributed by atoms with Crippen LogP contribution in [-0.2, 0) is 0 Å². The predicted octanol–water partition coefficient (Wildman–Crippen LogP) is 2.11. The molecule has 94 valence electrons. The van der Waals surface area contributed by atoms with Gasteiger partial charge in [0.15, 0.2) is 23.4 Å². The first-order valence-corrected chi connectivity index (χ1v) is 5.60. The first-order chi connectivity index (χ1) is 9.24. The Labute approximate surface area is 107 Å². The number of methoxy groups -OCH3 is 1. The number of hydrogen-bond acceptors (Lipinski definition) is 5. The number of nitrogens with zero attached hydrogens (tertiary/aromatic N) is 1. The molecule has 0 saturated carbocycles. The zero-order valence-electron chi connectivity index (χ0n) is 10.0. The smallest absolute Gasteiger partial charge is 0.234 e. The highest BCUT2D eigenvalue weighted by atomic mass is 16.5. The maximum absolute atomic E-state index is 11.9. The minimum atomic E-state index is -0.495. The molecule has 0 amide bonds. The molecule has 2 aliphatic rings. The van der Waals surface area contributed by atoms with Crippen LogP contribution >= 0.6 is 0 Å². The average molecular weight is 255 g/mol. The van der Waals surface area contributed by atoms with Crippen LogP contribution in [0.2, 0.25) is 0 Å². The molecule has 1 aliphatic heterocycles. The Hall–Kier alpha value is -2.69. The van der Waals surface area contributed by atoms with E-state index in [1.165, 1.54) is 13.2 Å². The zero-order valence-corrected chi connectivity index (χ0v) is 10.0. The summed E-state index contributed by atoms with van der Waals surface area (Å²) in [6.45, 7) is 0. The third-order valence-corrected chi connectivity index (χ3v) is 2.87. The number of benzene rings is 2. The Morgan fingerprint density at radius 1 is 1.32 bits per heavy atom. The second-order valence-electron chi connectivity index (χ2n) is 3.97. The van der Waals surface area contributed by atoms with Crippen molar-refractivity contribution in [3.8, 4) is 17.2 Å². The fourth-order valence-electron chi connectivity index (χ4n) is 1.95. The van der Waals surface area contributed by atoms with Gasteiger partial charge in [0.05, 0.1) is 7.11 Å². The highest BCUT2D eigenvalue weighted by Gasteiger charge is 2.20. The molecular formula is C14H9NO4. The maximum Gasteiger partial charge on any atom is 0.234 e. The third-order valence-electron chi connectivity index (χ3n) is 2.87. The van der Waals surface area contributed by atoms with E-state index >= 15 is 0 Å². The molecule has 0 unspecified atom stereocenters. The van der Waals surface area contributed by atoms with Crippen molar-refractivity contribution in [1.82, 2.24) is 4.98 Å². The Bertz CT molecular complexity index is 806. The van der Waals surface area contributed by atoms with E-state index in [1.54, 1.807) is 18.2 Å². The van der Waals surface area contributed by atoms with Gasteiger partial charge >= 0.3 is 0 Å². The molecule has 1 aliphatic carbocycles.